The standard InChI is InChI=1S/C35H36Cl3N3O4S/c1-4-25(3)39-35(43)33(19-26-11-7-5-8-12-26)40(22-27-16-17-28(36)20-32(27)38)34(42)23-41(29-18-15-24(2)31(37)21-29)46(44,45)30-13-9-6-10-14-30/h5-18,20-21,25,33H,4,19,22-23H2,1-3H3,(H,39,43)/t25-,33-/m1/s1. The Morgan fingerprint density at radius 2 is 1.50 bits per heavy atom. The number of sulfonamides is 1. The molecule has 11 heteroatoms. The number of hydrogen-bond donors (Lipinski definition) is 1. The average molecular weight is 701 g/mol. The molecule has 0 spiro atoms. The van der Waals surface area contributed by atoms with E-state index < -0.39 is 28.5 Å². The summed E-state index contributed by atoms with van der Waals surface area (Å²) in [6.45, 7) is 4.95. The predicted octanol–water partition coefficient (Wildman–Crippen LogP) is 7.71. The van der Waals surface area contributed by atoms with Gasteiger partial charge in [0.1, 0.15) is 12.6 Å². The van der Waals surface area contributed by atoms with Gasteiger partial charge in [-0.05, 0) is 73.4 Å². The minimum Gasteiger partial charge on any atom is -0.352 e. The van der Waals surface area contributed by atoms with E-state index in [1.165, 1.54) is 23.1 Å². The van der Waals surface area contributed by atoms with Crippen LogP contribution in [-0.4, -0.2) is 43.8 Å². The lowest BCUT2D eigenvalue weighted by Gasteiger charge is -2.34. The summed E-state index contributed by atoms with van der Waals surface area (Å²) in [4.78, 5) is 29.9. The number of hydrogen-bond acceptors (Lipinski definition) is 4. The Balaban J connectivity index is 1.84. The molecule has 4 aromatic carbocycles. The Hall–Kier alpha value is -3.56. The van der Waals surface area contributed by atoms with Crippen LogP contribution < -0.4 is 9.62 Å². The number of nitrogens with one attached hydrogen (secondary N) is 1. The predicted molar refractivity (Wildman–Crippen MR) is 186 cm³/mol. The molecule has 0 aliphatic heterocycles. The summed E-state index contributed by atoms with van der Waals surface area (Å²) in [6.07, 6.45) is 0.861. The van der Waals surface area contributed by atoms with Crippen molar-refractivity contribution in [1.29, 1.82) is 0 Å². The number of aryl methyl sites for hydroxylation is 1. The molecule has 46 heavy (non-hydrogen) atoms. The van der Waals surface area contributed by atoms with Gasteiger partial charge in [-0.2, -0.15) is 0 Å². The lowest BCUT2D eigenvalue weighted by atomic mass is 10.0. The number of halogens is 3. The van der Waals surface area contributed by atoms with Crippen LogP contribution in [0.3, 0.4) is 0 Å². The second-order valence-electron chi connectivity index (χ2n) is 11.0. The van der Waals surface area contributed by atoms with Crippen LogP contribution in [-0.2, 0) is 32.6 Å². The summed E-state index contributed by atoms with van der Waals surface area (Å²) in [5.74, 6) is -0.977. The Morgan fingerprint density at radius 1 is 0.848 bits per heavy atom. The molecular formula is C35H36Cl3N3O4S. The third-order valence-electron chi connectivity index (χ3n) is 7.68. The molecule has 2 atom stereocenters. The first-order valence-corrected chi connectivity index (χ1v) is 17.4. The van der Waals surface area contributed by atoms with Crippen molar-refractivity contribution in [2.24, 2.45) is 0 Å². The number of benzene rings is 4. The van der Waals surface area contributed by atoms with Crippen LogP contribution >= 0.6 is 34.8 Å². The van der Waals surface area contributed by atoms with Gasteiger partial charge in [-0.25, -0.2) is 8.42 Å². The average Bonchev–Trinajstić information content (AvgIpc) is 3.04. The Morgan fingerprint density at radius 3 is 2.11 bits per heavy atom. The van der Waals surface area contributed by atoms with Crippen LogP contribution in [0, 0.1) is 6.92 Å². The number of amides is 2. The first-order valence-electron chi connectivity index (χ1n) is 14.8. The van der Waals surface area contributed by atoms with Crippen molar-refractivity contribution in [2.75, 3.05) is 10.8 Å². The molecule has 0 heterocycles. The number of carbonyl (C=O) groups is 2. The molecule has 4 aromatic rings. The van der Waals surface area contributed by atoms with Gasteiger partial charge in [-0.15, -0.1) is 0 Å². The molecule has 0 bridgehead atoms. The molecule has 242 valence electrons. The third kappa shape index (κ3) is 8.82. The second-order valence-corrected chi connectivity index (χ2v) is 14.2. The molecule has 0 aromatic heterocycles. The van der Waals surface area contributed by atoms with Gasteiger partial charge >= 0.3 is 0 Å². The molecule has 2 amide bonds. The highest BCUT2D eigenvalue weighted by Gasteiger charge is 2.35. The lowest BCUT2D eigenvalue weighted by molar-refractivity contribution is -0.140. The molecule has 0 saturated carbocycles. The first-order chi connectivity index (χ1) is 21.9. The van der Waals surface area contributed by atoms with Gasteiger partial charge in [0.15, 0.2) is 0 Å². The maximum absolute atomic E-state index is 14.6. The zero-order valence-corrected chi connectivity index (χ0v) is 28.9. The Bertz CT molecular complexity index is 1770. The van der Waals surface area contributed by atoms with E-state index in [4.69, 9.17) is 34.8 Å². The van der Waals surface area contributed by atoms with Gasteiger partial charge in [0, 0.05) is 34.1 Å². The zero-order chi connectivity index (χ0) is 33.4. The van der Waals surface area contributed by atoms with E-state index in [0.29, 0.717) is 27.1 Å². The van der Waals surface area contributed by atoms with Crippen molar-refractivity contribution < 1.29 is 18.0 Å². The number of nitrogens with zero attached hydrogens (tertiary/aromatic N) is 2. The van der Waals surface area contributed by atoms with E-state index >= 15 is 0 Å². The van der Waals surface area contributed by atoms with Gasteiger partial charge in [-0.3, -0.25) is 13.9 Å². The molecule has 1 N–H and O–H groups in total. The quantitative estimate of drug-likeness (QED) is 0.155. The van der Waals surface area contributed by atoms with E-state index in [2.05, 4.69) is 5.32 Å². The molecule has 0 unspecified atom stereocenters. The molecule has 0 saturated heterocycles. The highest BCUT2D eigenvalue weighted by Crippen LogP contribution is 2.29. The van der Waals surface area contributed by atoms with Crippen LogP contribution in [0.5, 0.6) is 0 Å². The SMILES string of the molecule is CC[C@@H](C)NC(=O)[C@@H](Cc1ccccc1)N(Cc1ccc(Cl)cc1Cl)C(=O)CN(c1ccc(C)c(Cl)c1)S(=O)(=O)c1ccccc1. The number of anilines is 1. The van der Waals surface area contributed by atoms with Crippen LogP contribution in [0.25, 0.3) is 0 Å². The maximum atomic E-state index is 14.6. The monoisotopic (exact) mass is 699 g/mol. The van der Waals surface area contributed by atoms with Crippen molar-refractivity contribution >= 4 is 62.3 Å². The summed E-state index contributed by atoms with van der Waals surface area (Å²) in [5.41, 5.74) is 2.33. The first kappa shape index (κ1) is 35.3. The summed E-state index contributed by atoms with van der Waals surface area (Å²) >= 11 is 19.2. The molecule has 0 fully saturated rings. The highest BCUT2D eigenvalue weighted by atomic mass is 35.5. The fraction of sp³-hybridized carbons (Fsp3) is 0.257. The molecule has 0 aliphatic carbocycles. The smallest absolute Gasteiger partial charge is 0.264 e. The number of rotatable bonds is 13. The van der Waals surface area contributed by atoms with Gasteiger partial charge in [0.25, 0.3) is 10.0 Å². The van der Waals surface area contributed by atoms with Gasteiger partial charge < -0.3 is 10.2 Å². The topological polar surface area (TPSA) is 86.8 Å². The summed E-state index contributed by atoms with van der Waals surface area (Å²) in [6, 6.07) is 25.7. The Kier molecular flexibility index (Phi) is 12.1. The van der Waals surface area contributed by atoms with Crippen molar-refractivity contribution in [2.45, 2.75) is 57.1 Å². The van der Waals surface area contributed by atoms with Crippen LogP contribution in [0.1, 0.15) is 37.0 Å². The minimum atomic E-state index is -4.24. The van der Waals surface area contributed by atoms with Gasteiger partial charge in [0.05, 0.1) is 10.6 Å². The molecular weight excluding hydrogens is 665 g/mol. The van der Waals surface area contributed by atoms with Crippen LogP contribution in [0.15, 0.2) is 102 Å². The summed E-state index contributed by atoms with van der Waals surface area (Å²) < 4.78 is 29.3. The van der Waals surface area contributed by atoms with Crippen molar-refractivity contribution in [3.05, 3.63) is 129 Å². The fourth-order valence-corrected chi connectivity index (χ4v) is 6.88. The van der Waals surface area contributed by atoms with E-state index in [9.17, 15) is 18.0 Å². The normalized spacial score (nSPS) is 12.7. The minimum absolute atomic E-state index is 0.00198. The van der Waals surface area contributed by atoms with Gasteiger partial charge in [-0.1, -0.05) is 102 Å². The van der Waals surface area contributed by atoms with Crippen LogP contribution in [0.4, 0.5) is 5.69 Å². The molecule has 0 radical (unpaired) electrons. The van der Waals surface area contributed by atoms with Crippen molar-refractivity contribution in [3.8, 4) is 0 Å². The third-order valence-corrected chi connectivity index (χ3v) is 10.5. The zero-order valence-electron chi connectivity index (χ0n) is 25.8. The maximum Gasteiger partial charge on any atom is 0.264 e. The Labute approximate surface area is 286 Å². The number of carbonyl (C=O) groups excluding carboxylic acids is 2. The van der Waals surface area contributed by atoms with E-state index in [1.54, 1.807) is 55.5 Å². The molecule has 0 aliphatic rings. The van der Waals surface area contributed by atoms with E-state index in [1.807, 2.05) is 44.2 Å². The van der Waals surface area contributed by atoms with Gasteiger partial charge in [0.2, 0.25) is 11.8 Å². The second kappa shape index (κ2) is 15.8. The largest absolute Gasteiger partial charge is 0.352 e. The summed E-state index contributed by atoms with van der Waals surface area (Å²) in [7, 11) is -4.24. The highest BCUT2D eigenvalue weighted by molar-refractivity contribution is 7.92. The van der Waals surface area contributed by atoms with Crippen molar-refractivity contribution in [3.63, 3.8) is 0 Å². The molecule has 4 rings (SSSR count). The molecule has 7 nitrogen and oxygen atoms in total. The summed E-state index contributed by atoms with van der Waals surface area (Å²) in [5, 5.41) is 4.08. The van der Waals surface area contributed by atoms with E-state index in [-0.39, 0.29) is 35.5 Å². The van der Waals surface area contributed by atoms with E-state index in [0.717, 1.165) is 15.4 Å². The van der Waals surface area contributed by atoms with Crippen molar-refractivity contribution in [1.82, 2.24) is 10.2 Å². The fourth-order valence-electron chi connectivity index (χ4n) is 4.81. The lowest BCUT2D eigenvalue weighted by Crippen LogP contribution is -2.54. The van der Waals surface area contributed by atoms with Crippen LogP contribution in [0.2, 0.25) is 15.1 Å².